The van der Waals surface area contributed by atoms with Crippen LogP contribution in [0, 0.1) is 0 Å². The van der Waals surface area contributed by atoms with E-state index in [1.807, 2.05) is 24.3 Å². The van der Waals surface area contributed by atoms with E-state index in [-0.39, 0.29) is 5.91 Å². The third kappa shape index (κ3) is 4.73. The zero-order chi connectivity index (χ0) is 17.4. The number of methoxy groups -OCH3 is 1. The zero-order valence-electron chi connectivity index (χ0n) is 14.2. The molecular formula is C19H24N2O3. The Bertz CT molecular complexity index is 669. The number of ether oxygens (including phenoxy) is 2. The van der Waals surface area contributed by atoms with Crippen molar-refractivity contribution in [1.82, 2.24) is 0 Å². The van der Waals surface area contributed by atoms with Crippen LogP contribution in [0.3, 0.4) is 0 Å². The topological polar surface area (TPSA) is 73.6 Å². The van der Waals surface area contributed by atoms with Crippen LogP contribution in [0.1, 0.15) is 35.7 Å². The SMILES string of the molecule is CCCCOc1ccc(OC)cc1NC(=O)c1ccc(CN)cc1. The molecular weight excluding hydrogens is 304 g/mol. The predicted molar refractivity (Wildman–Crippen MR) is 95.7 cm³/mol. The van der Waals surface area contributed by atoms with Crippen LogP contribution in [0.2, 0.25) is 0 Å². The molecule has 0 aliphatic heterocycles. The van der Waals surface area contributed by atoms with Crippen molar-refractivity contribution in [3.63, 3.8) is 0 Å². The number of carbonyl (C=O) groups excluding carboxylic acids is 1. The fourth-order valence-corrected chi connectivity index (χ4v) is 2.17. The van der Waals surface area contributed by atoms with Gasteiger partial charge in [-0.3, -0.25) is 4.79 Å². The summed E-state index contributed by atoms with van der Waals surface area (Å²) >= 11 is 0. The van der Waals surface area contributed by atoms with E-state index >= 15 is 0 Å². The molecule has 0 aliphatic carbocycles. The molecule has 0 fully saturated rings. The number of carbonyl (C=O) groups is 1. The molecule has 1 amide bonds. The van der Waals surface area contributed by atoms with Gasteiger partial charge in [0.05, 0.1) is 19.4 Å². The molecule has 0 bridgehead atoms. The number of unbranched alkanes of at least 4 members (excludes halogenated alkanes) is 1. The summed E-state index contributed by atoms with van der Waals surface area (Å²) in [6.45, 7) is 3.16. The lowest BCUT2D eigenvalue weighted by Crippen LogP contribution is -2.13. The van der Waals surface area contributed by atoms with E-state index in [9.17, 15) is 4.79 Å². The number of anilines is 1. The largest absolute Gasteiger partial charge is 0.497 e. The number of benzene rings is 2. The van der Waals surface area contributed by atoms with Crippen molar-refractivity contribution in [3.05, 3.63) is 53.6 Å². The first-order valence-electron chi connectivity index (χ1n) is 8.09. The third-order valence-corrected chi connectivity index (χ3v) is 3.64. The van der Waals surface area contributed by atoms with Gasteiger partial charge in [0, 0.05) is 18.2 Å². The highest BCUT2D eigenvalue weighted by Gasteiger charge is 2.11. The Morgan fingerprint density at radius 2 is 1.92 bits per heavy atom. The van der Waals surface area contributed by atoms with Gasteiger partial charge in [0.1, 0.15) is 11.5 Å². The maximum absolute atomic E-state index is 12.5. The molecule has 0 spiro atoms. The molecule has 5 nitrogen and oxygen atoms in total. The van der Waals surface area contributed by atoms with Crippen molar-refractivity contribution in [2.45, 2.75) is 26.3 Å². The van der Waals surface area contributed by atoms with Crippen molar-refractivity contribution in [1.29, 1.82) is 0 Å². The molecule has 5 heteroatoms. The van der Waals surface area contributed by atoms with Crippen molar-refractivity contribution in [2.75, 3.05) is 19.0 Å². The van der Waals surface area contributed by atoms with Gasteiger partial charge >= 0.3 is 0 Å². The highest BCUT2D eigenvalue weighted by Crippen LogP contribution is 2.30. The molecule has 2 rings (SSSR count). The number of nitrogens with one attached hydrogen (secondary N) is 1. The predicted octanol–water partition coefficient (Wildman–Crippen LogP) is 3.59. The number of amides is 1. The molecule has 0 saturated heterocycles. The minimum Gasteiger partial charge on any atom is -0.497 e. The van der Waals surface area contributed by atoms with Crippen molar-refractivity contribution < 1.29 is 14.3 Å². The second-order valence-corrected chi connectivity index (χ2v) is 5.42. The van der Waals surface area contributed by atoms with Gasteiger partial charge in [0.2, 0.25) is 0 Å². The molecule has 2 aromatic rings. The van der Waals surface area contributed by atoms with Gasteiger partial charge in [-0.15, -0.1) is 0 Å². The van der Waals surface area contributed by atoms with Crippen LogP contribution in [-0.2, 0) is 6.54 Å². The number of rotatable bonds is 8. The summed E-state index contributed by atoms with van der Waals surface area (Å²) in [4.78, 5) is 12.5. The van der Waals surface area contributed by atoms with Crippen LogP contribution in [0.25, 0.3) is 0 Å². The fourth-order valence-electron chi connectivity index (χ4n) is 2.17. The minimum atomic E-state index is -0.202. The van der Waals surface area contributed by atoms with Gasteiger partial charge < -0.3 is 20.5 Å². The Labute approximate surface area is 142 Å². The molecule has 0 atom stereocenters. The Balaban J connectivity index is 2.16. The average Bonchev–Trinajstić information content (AvgIpc) is 2.63. The number of hydrogen-bond donors (Lipinski definition) is 2. The third-order valence-electron chi connectivity index (χ3n) is 3.64. The summed E-state index contributed by atoms with van der Waals surface area (Å²) < 4.78 is 11.0. The first-order chi connectivity index (χ1) is 11.7. The van der Waals surface area contributed by atoms with E-state index in [1.165, 1.54) is 0 Å². The normalized spacial score (nSPS) is 10.3. The second kappa shape index (κ2) is 8.93. The van der Waals surface area contributed by atoms with Crippen molar-refractivity contribution >= 4 is 11.6 Å². The van der Waals surface area contributed by atoms with Gasteiger partial charge in [-0.1, -0.05) is 25.5 Å². The van der Waals surface area contributed by atoms with Gasteiger partial charge in [-0.05, 0) is 36.2 Å². The molecule has 0 heterocycles. The van der Waals surface area contributed by atoms with Crippen LogP contribution in [0.4, 0.5) is 5.69 Å². The Morgan fingerprint density at radius 3 is 2.54 bits per heavy atom. The first kappa shape index (κ1) is 17.8. The summed E-state index contributed by atoms with van der Waals surface area (Å²) in [6, 6.07) is 12.6. The van der Waals surface area contributed by atoms with E-state index in [0.29, 0.717) is 35.9 Å². The van der Waals surface area contributed by atoms with Crippen LogP contribution in [0.15, 0.2) is 42.5 Å². The standard InChI is InChI=1S/C19H24N2O3/c1-3-4-11-24-18-10-9-16(23-2)12-17(18)21-19(22)15-7-5-14(13-20)6-8-15/h5-10,12H,3-4,11,13,20H2,1-2H3,(H,21,22). The summed E-state index contributed by atoms with van der Waals surface area (Å²) in [7, 11) is 1.59. The van der Waals surface area contributed by atoms with Gasteiger partial charge in [0.25, 0.3) is 5.91 Å². The van der Waals surface area contributed by atoms with E-state index in [1.54, 1.807) is 25.3 Å². The van der Waals surface area contributed by atoms with Gasteiger partial charge in [-0.25, -0.2) is 0 Å². The highest BCUT2D eigenvalue weighted by molar-refractivity contribution is 6.05. The second-order valence-electron chi connectivity index (χ2n) is 5.42. The first-order valence-corrected chi connectivity index (χ1v) is 8.09. The van der Waals surface area contributed by atoms with Gasteiger partial charge in [-0.2, -0.15) is 0 Å². The number of nitrogens with two attached hydrogens (primary N) is 1. The highest BCUT2D eigenvalue weighted by atomic mass is 16.5. The van der Waals surface area contributed by atoms with Gasteiger partial charge in [0.15, 0.2) is 0 Å². The Morgan fingerprint density at radius 1 is 1.17 bits per heavy atom. The Kier molecular flexibility index (Phi) is 6.63. The molecule has 0 radical (unpaired) electrons. The van der Waals surface area contributed by atoms with E-state index in [0.717, 1.165) is 18.4 Å². The molecule has 3 N–H and O–H groups in total. The van der Waals surface area contributed by atoms with Crippen LogP contribution in [-0.4, -0.2) is 19.6 Å². The molecule has 0 aliphatic rings. The lowest BCUT2D eigenvalue weighted by atomic mass is 10.1. The van der Waals surface area contributed by atoms with E-state index in [2.05, 4.69) is 12.2 Å². The lowest BCUT2D eigenvalue weighted by molar-refractivity contribution is 0.102. The van der Waals surface area contributed by atoms with Crippen LogP contribution in [0.5, 0.6) is 11.5 Å². The summed E-state index contributed by atoms with van der Waals surface area (Å²) in [5, 5.41) is 2.89. The van der Waals surface area contributed by atoms with Crippen molar-refractivity contribution in [2.24, 2.45) is 5.73 Å². The Hall–Kier alpha value is -2.53. The average molecular weight is 328 g/mol. The molecule has 24 heavy (non-hydrogen) atoms. The zero-order valence-corrected chi connectivity index (χ0v) is 14.2. The summed E-state index contributed by atoms with van der Waals surface area (Å²) in [5.41, 5.74) is 7.72. The summed E-state index contributed by atoms with van der Waals surface area (Å²) in [5.74, 6) is 1.09. The summed E-state index contributed by atoms with van der Waals surface area (Å²) in [6.07, 6.45) is 2.01. The van der Waals surface area contributed by atoms with Crippen LogP contribution >= 0.6 is 0 Å². The maximum atomic E-state index is 12.5. The quantitative estimate of drug-likeness (QED) is 0.726. The van der Waals surface area contributed by atoms with E-state index in [4.69, 9.17) is 15.2 Å². The minimum absolute atomic E-state index is 0.202. The fraction of sp³-hybridized carbons (Fsp3) is 0.316. The number of hydrogen-bond acceptors (Lipinski definition) is 4. The molecule has 0 saturated carbocycles. The lowest BCUT2D eigenvalue weighted by Gasteiger charge is -2.14. The molecule has 0 unspecified atom stereocenters. The smallest absolute Gasteiger partial charge is 0.255 e. The van der Waals surface area contributed by atoms with Crippen LogP contribution < -0.4 is 20.5 Å². The van der Waals surface area contributed by atoms with E-state index < -0.39 is 0 Å². The maximum Gasteiger partial charge on any atom is 0.255 e. The van der Waals surface area contributed by atoms with Crippen molar-refractivity contribution in [3.8, 4) is 11.5 Å². The molecule has 0 aromatic heterocycles. The molecule has 2 aromatic carbocycles. The molecule has 128 valence electrons. The monoisotopic (exact) mass is 328 g/mol.